The van der Waals surface area contributed by atoms with Gasteiger partial charge in [0.2, 0.25) is 0 Å². The van der Waals surface area contributed by atoms with Crippen LogP contribution in [0.2, 0.25) is 0 Å². The highest BCUT2D eigenvalue weighted by molar-refractivity contribution is 5.21. The molecule has 0 aromatic heterocycles. The van der Waals surface area contributed by atoms with Crippen LogP contribution in [0.5, 0.6) is 0 Å². The molecule has 3 aliphatic rings. The SMILES string of the molecule is CO[C@H]1[C@@H]2CCO[C@@H](O)[C@@H]2[C@@]2(CO)O[C@@H]12. The van der Waals surface area contributed by atoms with Crippen LogP contribution in [-0.2, 0) is 14.2 Å². The van der Waals surface area contributed by atoms with E-state index in [4.69, 9.17) is 14.2 Å². The first-order valence-electron chi connectivity index (χ1n) is 5.36. The lowest BCUT2D eigenvalue weighted by molar-refractivity contribution is -0.207. The van der Waals surface area contributed by atoms with E-state index < -0.39 is 11.9 Å². The summed E-state index contributed by atoms with van der Waals surface area (Å²) in [4.78, 5) is 0. The van der Waals surface area contributed by atoms with Crippen molar-refractivity contribution < 1.29 is 24.4 Å². The van der Waals surface area contributed by atoms with E-state index in [2.05, 4.69) is 0 Å². The molecule has 0 amide bonds. The molecular weight excluding hydrogens is 200 g/mol. The van der Waals surface area contributed by atoms with Gasteiger partial charge >= 0.3 is 0 Å². The average molecular weight is 216 g/mol. The number of hydrogen-bond acceptors (Lipinski definition) is 5. The van der Waals surface area contributed by atoms with Crippen molar-refractivity contribution in [2.75, 3.05) is 20.3 Å². The van der Waals surface area contributed by atoms with Gasteiger partial charge in [-0.05, 0) is 6.42 Å². The van der Waals surface area contributed by atoms with Gasteiger partial charge in [-0.1, -0.05) is 0 Å². The lowest BCUT2D eigenvalue weighted by Crippen LogP contribution is -2.45. The first-order valence-corrected chi connectivity index (χ1v) is 5.36. The smallest absolute Gasteiger partial charge is 0.160 e. The molecule has 1 saturated carbocycles. The second-order valence-electron chi connectivity index (χ2n) is 4.59. The summed E-state index contributed by atoms with van der Waals surface area (Å²) in [5.41, 5.74) is -0.606. The molecule has 6 atom stereocenters. The summed E-state index contributed by atoms with van der Waals surface area (Å²) in [5.74, 6) is 0.0934. The van der Waals surface area contributed by atoms with Crippen LogP contribution in [0, 0.1) is 11.8 Å². The second kappa shape index (κ2) is 3.15. The summed E-state index contributed by atoms with van der Waals surface area (Å²) in [6.07, 6.45) is -0.0532. The van der Waals surface area contributed by atoms with E-state index in [-0.39, 0.29) is 30.7 Å². The standard InChI is InChI=1S/C10H16O5/c1-13-7-5-2-3-14-9(12)6(5)10(4-11)8(7)15-10/h5-9,11-12H,2-4H2,1H3/t5-,6-,7+,8+,9-,10-/m1/s1. The number of rotatable bonds is 2. The Hall–Kier alpha value is -0.200. The van der Waals surface area contributed by atoms with Crippen LogP contribution in [0.4, 0.5) is 0 Å². The Kier molecular flexibility index (Phi) is 2.10. The fraction of sp³-hybridized carbons (Fsp3) is 1.00. The summed E-state index contributed by atoms with van der Waals surface area (Å²) in [5, 5.41) is 19.2. The predicted octanol–water partition coefficient (Wildman–Crippen LogP) is -0.884. The summed E-state index contributed by atoms with van der Waals surface area (Å²) < 4.78 is 16.1. The van der Waals surface area contributed by atoms with Crippen molar-refractivity contribution in [1.82, 2.24) is 0 Å². The van der Waals surface area contributed by atoms with E-state index in [0.717, 1.165) is 6.42 Å². The van der Waals surface area contributed by atoms with Crippen molar-refractivity contribution in [3.63, 3.8) is 0 Å². The number of hydrogen-bond donors (Lipinski definition) is 2. The van der Waals surface area contributed by atoms with Gasteiger partial charge in [0.15, 0.2) is 6.29 Å². The third kappa shape index (κ3) is 1.10. The maximum atomic E-state index is 9.82. The van der Waals surface area contributed by atoms with Gasteiger partial charge in [0.1, 0.15) is 11.7 Å². The van der Waals surface area contributed by atoms with Crippen LogP contribution in [0.25, 0.3) is 0 Å². The number of methoxy groups -OCH3 is 1. The molecule has 0 unspecified atom stereocenters. The number of aliphatic hydroxyl groups is 2. The molecular formula is C10H16O5. The van der Waals surface area contributed by atoms with Crippen LogP contribution in [-0.4, -0.2) is 54.6 Å². The zero-order valence-electron chi connectivity index (χ0n) is 8.63. The monoisotopic (exact) mass is 216 g/mol. The van der Waals surface area contributed by atoms with Gasteiger partial charge in [-0.15, -0.1) is 0 Å². The lowest BCUT2D eigenvalue weighted by atomic mass is 9.83. The van der Waals surface area contributed by atoms with E-state index in [1.807, 2.05) is 0 Å². The molecule has 0 bridgehead atoms. The molecule has 86 valence electrons. The molecule has 0 aromatic carbocycles. The molecule has 5 nitrogen and oxygen atoms in total. The minimum atomic E-state index is -0.832. The number of aliphatic hydroxyl groups excluding tert-OH is 2. The lowest BCUT2D eigenvalue weighted by Gasteiger charge is -2.36. The Bertz CT molecular complexity index is 271. The van der Waals surface area contributed by atoms with E-state index in [1.54, 1.807) is 7.11 Å². The van der Waals surface area contributed by atoms with Gasteiger partial charge in [-0.2, -0.15) is 0 Å². The van der Waals surface area contributed by atoms with Crippen molar-refractivity contribution in [3.8, 4) is 0 Å². The van der Waals surface area contributed by atoms with Crippen LogP contribution >= 0.6 is 0 Å². The molecule has 3 rings (SSSR count). The van der Waals surface area contributed by atoms with Crippen molar-refractivity contribution >= 4 is 0 Å². The molecule has 5 heteroatoms. The maximum absolute atomic E-state index is 9.82. The average Bonchev–Trinajstić information content (AvgIpc) is 2.89. The maximum Gasteiger partial charge on any atom is 0.160 e. The molecule has 0 radical (unpaired) electrons. The highest BCUT2D eigenvalue weighted by Crippen LogP contribution is 2.60. The van der Waals surface area contributed by atoms with E-state index in [0.29, 0.717) is 6.61 Å². The molecule has 0 aromatic rings. The quantitative estimate of drug-likeness (QED) is 0.586. The molecule has 0 spiro atoms. The summed E-state index contributed by atoms with van der Waals surface area (Å²) in [6.45, 7) is 0.482. The topological polar surface area (TPSA) is 71.5 Å². The Morgan fingerprint density at radius 1 is 1.53 bits per heavy atom. The van der Waals surface area contributed by atoms with Gasteiger partial charge in [0.25, 0.3) is 0 Å². The Labute approximate surface area is 87.9 Å². The second-order valence-corrected chi connectivity index (χ2v) is 4.59. The third-order valence-electron chi connectivity index (χ3n) is 4.08. The molecule has 2 saturated heterocycles. The van der Waals surface area contributed by atoms with Crippen LogP contribution in [0.1, 0.15) is 6.42 Å². The highest BCUT2D eigenvalue weighted by Gasteiger charge is 2.75. The van der Waals surface area contributed by atoms with Gasteiger partial charge < -0.3 is 24.4 Å². The van der Waals surface area contributed by atoms with Crippen molar-refractivity contribution in [1.29, 1.82) is 0 Å². The Balaban J connectivity index is 1.91. The predicted molar refractivity (Wildman–Crippen MR) is 49.0 cm³/mol. The first-order chi connectivity index (χ1) is 7.24. The number of fused-ring (bicyclic) bond motifs is 3. The molecule has 1 aliphatic carbocycles. The summed E-state index contributed by atoms with van der Waals surface area (Å²) in [7, 11) is 1.65. The Morgan fingerprint density at radius 2 is 2.33 bits per heavy atom. The van der Waals surface area contributed by atoms with E-state index in [9.17, 15) is 10.2 Å². The zero-order valence-corrected chi connectivity index (χ0v) is 8.63. The highest BCUT2D eigenvalue weighted by atomic mass is 16.7. The van der Waals surface area contributed by atoms with Crippen LogP contribution < -0.4 is 0 Å². The number of ether oxygens (including phenoxy) is 3. The molecule has 2 heterocycles. The molecule has 15 heavy (non-hydrogen) atoms. The van der Waals surface area contributed by atoms with E-state index >= 15 is 0 Å². The summed E-state index contributed by atoms with van der Waals surface area (Å²) >= 11 is 0. The van der Waals surface area contributed by atoms with Crippen molar-refractivity contribution in [2.45, 2.75) is 30.5 Å². The van der Waals surface area contributed by atoms with Crippen molar-refractivity contribution in [3.05, 3.63) is 0 Å². The van der Waals surface area contributed by atoms with Gasteiger partial charge in [0, 0.05) is 18.9 Å². The van der Waals surface area contributed by atoms with Crippen LogP contribution in [0.3, 0.4) is 0 Å². The minimum Gasteiger partial charge on any atom is -0.393 e. The molecule has 2 N–H and O–H groups in total. The minimum absolute atomic E-state index is 0.0132. The summed E-state index contributed by atoms with van der Waals surface area (Å²) in [6, 6.07) is 0. The first kappa shape index (κ1) is 9.99. The molecule has 2 aliphatic heterocycles. The third-order valence-corrected chi connectivity index (χ3v) is 4.08. The van der Waals surface area contributed by atoms with E-state index in [1.165, 1.54) is 0 Å². The van der Waals surface area contributed by atoms with Gasteiger partial charge in [0.05, 0.1) is 19.3 Å². The number of epoxide rings is 1. The van der Waals surface area contributed by atoms with Gasteiger partial charge in [-0.3, -0.25) is 0 Å². The Morgan fingerprint density at radius 3 is 3.00 bits per heavy atom. The largest absolute Gasteiger partial charge is 0.393 e. The fourth-order valence-electron chi connectivity index (χ4n) is 3.36. The fourth-order valence-corrected chi connectivity index (χ4v) is 3.36. The normalized spacial score (nSPS) is 57.4. The van der Waals surface area contributed by atoms with Gasteiger partial charge in [-0.25, -0.2) is 0 Å². The van der Waals surface area contributed by atoms with Crippen molar-refractivity contribution in [2.24, 2.45) is 11.8 Å². The van der Waals surface area contributed by atoms with Crippen LogP contribution in [0.15, 0.2) is 0 Å². The zero-order chi connectivity index (χ0) is 10.6. The molecule has 3 fully saturated rings.